The van der Waals surface area contributed by atoms with E-state index in [1.54, 1.807) is 12.1 Å². The first-order valence-corrected chi connectivity index (χ1v) is 14.3. The number of amides is 2. The van der Waals surface area contributed by atoms with Crippen molar-refractivity contribution in [2.75, 3.05) is 23.3 Å². The third kappa shape index (κ3) is 4.41. The molecule has 1 unspecified atom stereocenters. The van der Waals surface area contributed by atoms with Crippen molar-refractivity contribution in [2.24, 2.45) is 23.7 Å². The van der Waals surface area contributed by atoms with Crippen molar-refractivity contribution in [1.29, 1.82) is 0 Å². The number of para-hydroxylation sites is 1. The van der Waals surface area contributed by atoms with Gasteiger partial charge in [-0.15, -0.1) is 0 Å². The molecule has 2 aromatic carbocycles. The van der Waals surface area contributed by atoms with Crippen LogP contribution in [0.3, 0.4) is 0 Å². The molecule has 204 valence electrons. The number of nitrogens with zero attached hydrogens (tertiary/aromatic N) is 2. The first kappa shape index (κ1) is 24.4. The van der Waals surface area contributed by atoms with E-state index in [-0.39, 0.29) is 34.1 Å². The van der Waals surface area contributed by atoms with Gasteiger partial charge in [0.2, 0.25) is 0 Å². The number of hydrogen-bond acceptors (Lipinski definition) is 6. The molecular formula is C30H34N4O5. The van der Waals surface area contributed by atoms with Gasteiger partial charge in [0.1, 0.15) is 11.8 Å². The minimum atomic E-state index is -0.445. The standard InChI is InChI=1S/C30H34N4O5/c35-28(32-30-15-18-11-19(16-30)13-20(12-18)17-30)22-5-6-25(26(14-22)34(37)38)33-9-7-21(8-10-33)27-23-3-1-2-4-24(23)31-29(36)39-27/h1-6,14,18-21,27H,7-13,15-17H2,(H,31,36)(H,32,35). The minimum absolute atomic E-state index is 0.0368. The smallest absolute Gasteiger partial charge is 0.412 e. The number of carbonyl (C=O) groups excluding carboxylic acids is 2. The summed E-state index contributed by atoms with van der Waals surface area (Å²) in [6.07, 6.45) is 7.68. The number of anilines is 2. The lowest BCUT2D eigenvalue weighted by molar-refractivity contribution is -0.384. The van der Waals surface area contributed by atoms with Gasteiger partial charge in [0, 0.05) is 41.7 Å². The second-order valence-electron chi connectivity index (χ2n) is 12.5. The summed E-state index contributed by atoms with van der Waals surface area (Å²) in [5.74, 6) is 2.05. The largest absolute Gasteiger partial charge is 0.441 e. The highest BCUT2D eigenvalue weighted by atomic mass is 16.6. The molecule has 9 nitrogen and oxygen atoms in total. The fraction of sp³-hybridized carbons (Fsp3) is 0.533. The van der Waals surface area contributed by atoms with Crippen LogP contribution >= 0.6 is 0 Å². The Kier molecular flexibility index (Phi) is 5.79. The predicted molar refractivity (Wildman–Crippen MR) is 146 cm³/mol. The van der Waals surface area contributed by atoms with Crippen molar-refractivity contribution >= 4 is 29.1 Å². The van der Waals surface area contributed by atoms with E-state index in [2.05, 4.69) is 10.6 Å². The van der Waals surface area contributed by atoms with Crippen LogP contribution in [0.1, 0.15) is 73.4 Å². The maximum absolute atomic E-state index is 13.3. The third-order valence-corrected chi connectivity index (χ3v) is 9.90. The van der Waals surface area contributed by atoms with Crippen molar-refractivity contribution in [3.05, 3.63) is 63.7 Å². The van der Waals surface area contributed by atoms with E-state index < -0.39 is 6.09 Å². The Morgan fingerprint density at radius 2 is 1.69 bits per heavy atom. The Morgan fingerprint density at radius 3 is 2.36 bits per heavy atom. The Morgan fingerprint density at radius 1 is 1.03 bits per heavy atom. The maximum atomic E-state index is 13.3. The molecule has 2 aromatic rings. The highest BCUT2D eigenvalue weighted by Gasteiger charge is 2.51. The van der Waals surface area contributed by atoms with Crippen LogP contribution < -0.4 is 15.5 Å². The molecule has 0 radical (unpaired) electrons. The van der Waals surface area contributed by atoms with Crippen molar-refractivity contribution < 1.29 is 19.2 Å². The van der Waals surface area contributed by atoms with Crippen LogP contribution in [0.2, 0.25) is 0 Å². The maximum Gasteiger partial charge on any atom is 0.412 e. The number of carbonyl (C=O) groups is 2. The summed E-state index contributed by atoms with van der Waals surface area (Å²) in [6, 6.07) is 12.6. The van der Waals surface area contributed by atoms with Crippen LogP contribution in [0.25, 0.3) is 0 Å². The van der Waals surface area contributed by atoms with Crippen LogP contribution in [0, 0.1) is 33.8 Å². The van der Waals surface area contributed by atoms with Crippen molar-refractivity contribution in [3.63, 3.8) is 0 Å². The number of ether oxygens (including phenoxy) is 1. The number of fused-ring (bicyclic) bond motifs is 1. The molecule has 2 amide bonds. The Bertz CT molecular complexity index is 1300. The Labute approximate surface area is 227 Å². The molecule has 8 rings (SSSR count). The molecule has 6 aliphatic rings. The van der Waals surface area contributed by atoms with Gasteiger partial charge in [-0.3, -0.25) is 20.2 Å². The number of nitro groups is 1. The summed E-state index contributed by atoms with van der Waals surface area (Å²) in [5, 5.41) is 18.2. The summed E-state index contributed by atoms with van der Waals surface area (Å²) in [4.78, 5) is 39.2. The molecule has 2 heterocycles. The van der Waals surface area contributed by atoms with E-state index >= 15 is 0 Å². The zero-order valence-corrected chi connectivity index (χ0v) is 21.9. The van der Waals surface area contributed by atoms with E-state index in [0.29, 0.717) is 42.1 Å². The summed E-state index contributed by atoms with van der Waals surface area (Å²) in [7, 11) is 0. The number of piperidine rings is 1. The Balaban J connectivity index is 1.06. The van der Waals surface area contributed by atoms with Crippen LogP contribution in [0.15, 0.2) is 42.5 Å². The van der Waals surface area contributed by atoms with Gasteiger partial charge in [0.25, 0.3) is 11.6 Å². The van der Waals surface area contributed by atoms with Gasteiger partial charge in [-0.2, -0.15) is 0 Å². The van der Waals surface area contributed by atoms with E-state index in [1.165, 1.54) is 25.3 Å². The Hall–Kier alpha value is -3.62. The molecule has 0 aromatic heterocycles. The predicted octanol–water partition coefficient (Wildman–Crippen LogP) is 5.81. The summed E-state index contributed by atoms with van der Waals surface area (Å²) in [5.41, 5.74) is 2.46. The molecule has 4 saturated carbocycles. The molecule has 2 N–H and O–H groups in total. The SMILES string of the molecule is O=C1Nc2ccccc2C(C2CCN(c3ccc(C(=O)NC45CC6CC(CC(C6)C4)C5)cc3[N+](=O)[O-])CC2)O1. The molecule has 2 aliphatic heterocycles. The van der Waals surface area contributed by atoms with E-state index in [4.69, 9.17) is 4.74 Å². The monoisotopic (exact) mass is 530 g/mol. The fourth-order valence-corrected chi connectivity index (χ4v) is 8.63. The minimum Gasteiger partial charge on any atom is -0.441 e. The zero-order chi connectivity index (χ0) is 26.7. The molecule has 1 saturated heterocycles. The highest BCUT2D eigenvalue weighted by molar-refractivity contribution is 5.96. The van der Waals surface area contributed by atoms with Gasteiger partial charge >= 0.3 is 6.09 Å². The van der Waals surface area contributed by atoms with Crippen LogP contribution in [-0.4, -0.2) is 35.6 Å². The van der Waals surface area contributed by atoms with Crippen LogP contribution in [0.5, 0.6) is 0 Å². The van der Waals surface area contributed by atoms with Gasteiger partial charge in [0.05, 0.1) is 10.6 Å². The number of nitrogens with one attached hydrogen (secondary N) is 2. The molecular weight excluding hydrogens is 496 g/mol. The quantitative estimate of drug-likeness (QED) is 0.372. The second kappa shape index (κ2) is 9.24. The first-order chi connectivity index (χ1) is 18.9. The molecule has 39 heavy (non-hydrogen) atoms. The topological polar surface area (TPSA) is 114 Å². The highest BCUT2D eigenvalue weighted by Crippen LogP contribution is 2.55. The normalized spacial score (nSPS) is 31.3. The van der Waals surface area contributed by atoms with E-state index in [1.807, 2.05) is 29.2 Å². The number of cyclic esters (lactones) is 1. The lowest BCUT2D eigenvalue weighted by Gasteiger charge is -2.56. The third-order valence-electron chi connectivity index (χ3n) is 9.90. The van der Waals surface area contributed by atoms with Gasteiger partial charge < -0.3 is 15.0 Å². The van der Waals surface area contributed by atoms with Gasteiger partial charge in [0.15, 0.2) is 0 Å². The molecule has 4 bridgehead atoms. The van der Waals surface area contributed by atoms with Gasteiger partial charge in [-0.05, 0) is 87.3 Å². The lowest BCUT2D eigenvalue weighted by Crippen LogP contribution is -2.59. The second-order valence-corrected chi connectivity index (χ2v) is 12.5. The first-order valence-electron chi connectivity index (χ1n) is 14.3. The van der Waals surface area contributed by atoms with Crippen LogP contribution in [0.4, 0.5) is 21.9 Å². The molecule has 5 fully saturated rings. The summed E-state index contributed by atoms with van der Waals surface area (Å²) < 4.78 is 5.68. The number of benzene rings is 2. The van der Waals surface area contributed by atoms with Gasteiger partial charge in [-0.25, -0.2) is 4.79 Å². The number of hydrogen-bond donors (Lipinski definition) is 2. The molecule has 0 spiro atoms. The average Bonchev–Trinajstić information content (AvgIpc) is 2.91. The fourth-order valence-electron chi connectivity index (χ4n) is 8.63. The summed E-state index contributed by atoms with van der Waals surface area (Å²) >= 11 is 0. The van der Waals surface area contributed by atoms with Crippen molar-refractivity contribution in [3.8, 4) is 0 Å². The van der Waals surface area contributed by atoms with E-state index in [9.17, 15) is 19.7 Å². The number of rotatable bonds is 5. The van der Waals surface area contributed by atoms with Crippen molar-refractivity contribution in [2.45, 2.75) is 63.0 Å². The van der Waals surface area contributed by atoms with Crippen molar-refractivity contribution in [1.82, 2.24) is 5.32 Å². The van der Waals surface area contributed by atoms with Crippen LogP contribution in [-0.2, 0) is 4.74 Å². The number of nitro benzene ring substituents is 1. The zero-order valence-electron chi connectivity index (χ0n) is 21.9. The van der Waals surface area contributed by atoms with E-state index in [0.717, 1.165) is 43.4 Å². The molecule has 1 atom stereocenters. The lowest BCUT2D eigenvalue weighted by atomic mass is 9.53. The molecule has 9 heteroatoms. The summed E-state index contributed by atoms with van der Waals surface area (Å²) in [6.45, 7) is 1.21. The average molecular weight is 531 g/mol. The molecule has 4 aliphatic carbocycles. The van der Waals surface area contributed by atoms with Gasteiger partial charge in [-0.1, -0.05) is 18.2 Å².